The maximum atomic E-state index is 13.1. The molecular weight excluding hydrogens is 288 g/mol. The van der Waals surface area contributed by atoms with E-state index in [1.807, 2.05) is 18.7 Å². The van der Waals surface area contributed by atoms with Crippen LogP contribution < -0.4 is 5.32 Å². The third kappa shape index (κ3) is 2.19. The SMILES string of the molecule is CC(=CCl)CN1C(=O)C(C)(C2CC2)NC(=O)C12CCCC2. The topological polar surface area (TPSA) is 49.4 Å². The maximum Gasteiger partial charge on any atom is 0.249 e. The van der Waals surface area contributed by atoms with E-state index in [1.54, 1.807) is 0 Å². The lowest BCUT2D eigenvalue weighted by molar-refractivity contribution is -0.162. The molecule has 1 unspecified atom stereocenters. The molecule has 4 nitrogen and oxygen atoms in total. The zero-order valence-electron chi connectivity index (χ0n) is 12.7. The molecule has 1 atom stereocenters. The Labute approximate surface area is 130 Å². The lowest BCUT2D eigenvalue weighted by atomic mass is 9.82. The fourth-order valence-electron chi connectivity index (χ4n) is 3.90. The molecule has 3 rings (SSSR count). The quantitative estimate of drug-likeness (QED) is 0.871. The molecule has 0 radical (unpaired) electrons. The summed E-state index contributed by atoms with van der Waals surface area (Å²) in [6.45, 7) is 4.25. The van der Waals surface area contributed by atoms with Crippen molar-refractivity contribution in [3.8, 4) is 0 Å². The number of carbonyl (C=O) groups excluding carboxylic acids is 2. The third-order valence-electron chi connectivity index (χ3n) is 5.42. The van der Waals surface area contributed by atoms with Gasteiger partial charge in [0, 0.05) is 12.1 Å². The van der Waals surface area contributed by atoms with Gasteiger partial charge in [0.05, 0.1) is 0 Å². The molecule has 21 heavy (non-hydrogen) atoms. The van der Waals surface area contributed by atoms with E-state index in [-0.39, 0.29) is 17.7 Å². The Hall–Kier alpha value is -1.03. The predicted octanol–water partition coefficient (Wildman–Crippen LogP) is 2.57. The summed E-state index contributed by atoms with van der Waals surface area (Å²) in [6.07, 6.45) is 5.57. The fourth-order valence-corrected chi connectivity index (χ4v) is 3.97. The van der Waals surface area contributed by atoms with Crippen molar-refractivity contribution in [1.29, 1.82) is 0 Å². The third-order valence-corrected chi connectivity index (χ3v) is 5.79. The van der Waals surface area contributed by atoms with Crippen LogP contribution in [-0.2, 0) is 9.59 Å². The molecule has 0 aromatic rings. The van der Waals surface area contributed by atoms with E-state index in [9.17, 15) is 9.59 Å². The van der Waals surface area contributed by atoms with Crippen molar-refractivity contribution < 1.29 is 9.59 Å². The van der Waals surface area contributed by atoms with Crippen LogP contribution in [0.15, 0.2) is 11.1 Å². The molecule has 0 aromatic heterocycles. The molecule has 3 aliphatic rings. The van der Waals surface area contributed by atoms with Crippen LogP contribution in [0.2, 0.25) is 0 Å². The van der Waals surface area contributed by atoms with Crippen molar-refractivity contribution in [2.24, 2.45) is 5.92 Å². The van der Waals surface area contributed by atoms with Gasteiger partial charge in [-0.3, -0.25) is 9.59 Å². The summed E-state index contributed by atoms with van der Waals surface area (Å²) in [4.78, 5) is 27.8. The number of piperazine rings is 1. The largest absolute Gasteiger partial charge is 0.340 e. The normalized spacial score (nSPS) is 32.7. The zero-order valence-corrected chi connectivity index (χ0v) is 13.5. The molecule has 1 saturated heterocycles. The van der Waals surface area contributed by atoms with Crippen LogP contribution in [-0.4, -0.2) is 34.3 Å². The number of nitrogens with zero attached hydrogens (tertiary/aromatic N) is 1. The molecule has 0 bridgehead atoms. The minimum absolute atomic E-state index is 0.0383. The molecule has 5 heteroatoms. The van der Waals surface area contributed by atoms with E-state index in [0.29, 0.717) is 6.54 Å². The van der Waals surface area contributed by atoms with Crippen molar-refractivity contribution >= 4 is 23.4 Å². The highest BCUT2D eigenvalue weighted by Crippen LogP contribution is 2.47. The van der Waals surface area contributed by atoms with Crippen molar-refractivity contribution in [1.82, 2.24) is 10.2 Å². The Morgan fingerprint density at radius 3 is 2.52 bits per heavy atom. The van der Waals surface area contributed by atoms with Crippen LogP contribution in [0.3, 0.4) is 0 Å². The number of carbonyl (C=O) groups is 2. The Kier molecular flexibility index (Phi) is 3.55. The van der Waals surface area contributed by atoms with Crippen molar-refractivity contribution in [3.63, 3.8) is 0 Å². The predicted molar refractivity (Wildman–Crippen MR) is 81.8 cm³/mol. The van der Waals surface area contributed by atoms with Gasteiger partial charge in [0.25, 0.3) is 0 Å². The van der Waals surface area contributed by atoms with Crippen LogP contribution in [0.25, 0.3) is 0 Å². The summed E-state index contributed by atoms with van der Waals surface area (Å²) in [5.41, 5.74) is 1.06. The van der Waals surface area contributed by atoms with Crippen LogP contribution in [0.5, 0.6) is 0 Å². The molecule has 2 amide bonds. The minimum atomic E-state index is -0.725. The van der Waals surface area contributed by atoms with E-state index >= 15 is 0 Å². The number of nitrogens with one attached hydrogen (secondary N) is 1. The van der Waals surface area contributed by atoms with Gasteiger partial charge in [-0.1, -0.05) is 24.4 Å². The van der Waals surface area contributed by atoms with E-state index in [0.717, 1.165) is 44.1 Å². The van der Waals surface area contributed by atoms with Crippen molar-refractivity contribution in [2.45, 2.75) is 63.5 Å². The molecule has 116 valence electrons. The van der Waals surface area contributed by atoms with Gasteiger partial charge in [-0.15, -0.1) is 0 Å². The van der Waals surface area contributed by atoms with Gasteiger partial charge in [0.1, 0.15) is 11.1 Å². The summed E-state index contributed by atoms with van der Waals surface area (Å²) in [6, 6.07) is 0. The summed E-state index contributed by atoms with van der Waals surface area (Å²) < 4.78 is 0. The van der Waals surface area contributed by atoms with E-state index in [4.69, 9.17) is 11.6 Å². The van der Waals surface area contributed by atoms with E-state index in [1.165, 1.54) is 5.54 Å². The second-order valence-corrected chi connectivity index (χ2v) is 7.23. The number of rotatable bonds is 3. The number of amides is 2. The summed E-state index contributed by atoms with van der Waals surface area (Å²) >= 11 is 5.80. The Bertz CT molecular complexity index is 506. The molecule has 3 fully saturated rings. The first kappa shape index (κ1) is 14.9. The molecular formula is C16H23ClN2O2. The molecule has 1 spiro atoms. The Balaban J connectivity index is 1.98. The highest BCUT2D eigenvalue weighted by molar-refractivity contribution is 6.25. The van der Waals surface area contributed by atoms with Gasteiger partial charge in [-0.05, 0) is 51.0 Å². The van der Waals surface area contributed by atoms with E-state index < -0.39 is 11.1 Å². The molecule has 1 N–H and O–H groups in total. The zero-order chi connectivity index (χ0) is 15.3. The average molecular weight is 311 g/mol. The molecule has 1 heterocycles. The number of hydrogen-bond acceptors (Lipinski definition) is 2. The molecule has 0 aromatic carbocycles. The first-order valence-corrected chi connectivity index (χ1v) is 8.28. The molecule has 2 saturated carbocycles. The van der Waals surface area contributed by atoms with Gasteiger partial charge in [0.2, 0.25) is 11.8 Å². The molecule has 2 aliphatic carbocycles. The monoisotopic (exact) mass is 310 g/mol. The maximum absolute atomic E-state index is 13.1. The van der Waals surface area contributed by atoms with Gasteiger partial charge >= 0.3 is 0 Å². The van der Waals surface area contributed by atoms with Gasteiger partial charge in [0.15, 0.2) is 0 Å². The van der Waals surface area contributed by atoms with Crippen LogP contribution in [0.4, 0.5) is 0 Å². The first-order chi connectivity index (χ1) is 9.94. The van der Waals surface area contributed by atoms with Crippen LogP contribution in [0, 0.1) is 5.92 Å². The fraction of sp³-hybridized carbons (Fsp3) is 0.750. The second kappa shape index (κ2) is 5.01. The van der Waals surface area contributed by atoms with Crippen molar-refractivity contribution in [2.75, 3.05) is 6.54 Å². The number of hydrogen-bond donors (Lipinski definition) is 1. The van der Waals surface area contributed by atoms with Gasteiger partial charge in [-0.25, -0.2) is 0 Å². The smallest absolute Gasteiger partial charge is 0.249 e. The Morgan fingerprint density at radius 1 is 1.38 bits per heavy atom. The van der Waals surface area contributed by atoms with Crippen LogP contribution >= 0.6 is 11.6 Å². The second-order valence-electron chi connectivity index (χ2n) is 7.02. The summed E-state index contributed by atoms with van der Waals surface area (Å²) in [5, 5.41) is 3.08. The lowest BCUT2D eigenvalue weighted by Gasteiger charge is -2.50. The highest BCUT2D eigenvalue weighted by Gasteiger charge is 2.61. The molecule has 1 aliphatic heterocycles. The highest BCUT2D eigenvalue weighted by atomic mass is 35.5. The van der Waals surface area contributed by atoms with Crippen molar-refractivity contribution in [3.05, 3.63) is 11.1 Å². The summed E-state index contributed by atoms with van der Waals surface area (Å²) in [7, 11) is 0. The van der Waals surface area contributed by atoms with Crippen LogP contribution in [0.1, 0.15) is 52.4 Å². The summed E-state index contributed by atoms with van der Waals surface area (Å²) in [5.74, 6) is 0.399. The minimum Gasteiger partial charge on any atom is -0.340 e. The van der Waals surface area contributed by atoms with Gasteiger partial charge in [-0.2, -0.15) is 0 Å². The Morgan fingerprint density at radius 2 is 2.00 bits per heavy atom. The van der Waals surface area contributed by atoms with Gasteiger partial charge < -0.3 is 10.2 Å². The lowest BCUT2D eigenvalue weighted by Crippen LogP contribution is -2.75. The number of halogens is 1. The average Bonchev–Trinajstić information content (AvgIpc) is 3.21. The first-order valence-electron chi connectivity index (χ1n) is 7.84. The standard InChI is InChI=1S/C16H23ClN2O2/c1-11(9-17)10-19-14(21)15(2,12-5-6-12)18-13(20)16(19)7-3-4-8-16/h9,12H,3-8,10H2,1-2H3,(H,18,20). The van der Waals surface area contributed by atoms with E-state index in [2.05, 4.69) is 5.32 Å².